The van der Waals surface area contributed by atoms with Crippen molar-refractivity contribution in [2.45, 2.75) is 32.7 Å². The zero-order valence-electron chi connectivity index (χ0n) is 10.3. The molecule has 5 nitrogen and oxygen atoms in total. The molecular formula is C11H20N4O. The maximum absolute atomic E-state index is 9.10. The van der Waals surface area contributed by atoms with Crippen molar-refractivity contribution in [2.75, 3.05) is 24.3 Å². The number of nitrogens with two attached hydrogens (primary N) is 1. The number of nitrogen functional groups attached to an aromatic ring is 1. The lowest BCUT2D eigenvalue weighted by Crippen LogP contribution is -2.32. The smallest absolute Gasteiger partial charge is 0.135 e. The van der Waals surface area contributed by atoms with Crippen molar-refractivity contribution in [1.82, 2.24) is 9.97 Å². The molecule has 1 heterocycles. The molecule has 0 aromatic carbocycles. The minimum Gasteiger partial charge on any atom is -0.394 e. The second-order valence-corrected chi connectivity index (χ2v) is 4.31. The third-order valence-corrected chi connectivity index (χ3v) is 2.55. The van der Waals surface area contributed by atoms with E-state index < -0.39 is 0 Å². The van der Waals surface area contributed by atoms with E-state index in [9.17, 15) is 0 Å². The van der Waals surface area contributed by atoms with Crippen molar-refractivity contribution in [3.63, 3.8) is 0 Å². The molecule has 0 spiro atoms. The average Bonchev–Trinajstić information content (AvgIpc) is 2.26. The van der Waals surface area contributed by atoms with Crippen LogP contribution in [0.5, 0.6) is 0 Å². The molecule has 3 N–H and O–H groups in total. The molecule has 0 bridgehead atoms. The van der Waals surface area contributed by atoms with Crippen LogP contribution < -0.4 is 10.6 Å². The van der Waals surface area contributed by atoms with E-state index in [2.05, 4.69) is 9.97 Å². The highest BCUT2D eigenvalue weighted by Crippen LogP contribution is 2.18. The van der Waals surface area contributed by atoms with Gasteiger partial charge in [-0.3, -0.25) is 0 Å². The van der Waals surface area contributed by atoms with E-state index in [1.54, 1.807) is 6.07 Å². The molecule has 0 aliphatic heterocycles. The number of nitrogens with zero attached hydrogens (tertiary/aromatic N) is 3. The normalized spacial score (nSPS) is 12.9. The standard InChI is InChI=1S/C11H20N4O/c1-7(2)11-13-9(12)5-10(14-11)15(4)8(3)6-16/h5,7-8,16H,6H2,1-4H3,(H2,12,13,14). The van der Waals surface area contributed by atoms with Crippen LogP contribution in [0.25, 0.3) is 0 Å². The van der Waals surface area contributed by atoms with Crippen LogP contribution in [0.2, 0.25) is 0 Å². The Kier molecular flexibility index (Phi) is 4.06. The first-order chi connectivity index (χ1) is 7.45. The maximum atomic E-state index is 9.10. The van der Waals surface area contributed by atoms with E-state index in [-0.39, 0.29) is 18.6 Å². The molecule has 1 unspecified atom stereocenters. The van der Waals surface area contributed by atoms with E-state index in [1.807, 2.05) is 32.7 Å². The molecule has 0 aliphatic carbocycles. The summed E-state index contributed by atoms with van der Waals surface area (Å²) < 4.78 is 0. The minimum atomic E-state index is 0.00862. The molecule has 1 aromatic heterocycles. The summed E-state index contributed by atoms with van der Waals surface area (Å²) in [4.78, 5) is 10.5. The fraction of sp³-hybridized carbons (Fsp3) is 0.636. The van der Waals surface area contributed by atoms with Crippen LogP contribution in [-0.2, 0) is 0 Å². The molecule has 0 aliphatic rings. The SMILES string of the molecule is CC(C)c1nc(N)cc(N(C)C(C)CO)n1. The number of likely N-dealkylation sites (N-methyl/N-ethyl adjacent to an activating group) is 1. The van der Waals surface area contributed by atoms with E-state index in [0.717, 1.165) is 11.6 Å². The Labute approximate surface area is 96.3 Å². The van der Waals surface area contributed by atoms with Gasteiger partial charge in [-0.2, -0.15) is 0 Å². The number of hydrogen-bond acceptors (Lipinski definition) is 5. The van der Waals surface area contributed by atoms with Crippen LogP contribution in [-0.4, -0.2) is 34.8 Å². The van der Waals surface area contributed by atoms with Gasteiger partial charge >= 0.3 is 0 Å². The first-order valence-corrected chi connectivity index (χ1v) is 5.43. The molecular weight excluding hydrogens is 204 g/mol. The molecule has 1 aromatic rings. The van der Waals surface area contributed by atoms with Gasteiger partial charge in [0.1, 0.15) is 17.5 Å². The largest absolute Gasteiger partial charge is 0.394 e. The summed E-state index contributed by atoms with van der Waals surface area (Å²) in [5, 5.41) is 9.10. The topological polar surface area (TPSA) is 75.3 Å². The molecule has 5 heteroatoms. The summed E-state index contributed by atoms with van der Waals surface area (Å²) in [7, 11) is 1.88. The van der Waals surface area contributed by atoms with Crippen LogP contribution >= 0.6 is 0 Å². The zero-order valence-corrected chi connectivity index (χ0v) is 10.3. The molecule has 1 rings (SSSR count). The van der Waals surface area contributed by atoms with E-state index in [0.29, 0.717) is 5.82 Å². The van der Waals surface area contributed by atoms with Crippen LogP contribution in [0.15, 0.2) is 6.07 Å². The van der Waals surface area contributed by atoms with Crippen molar-refractivity contribution in [3.8, 4) is 0 Å². The Morgan fingerprint density at radius 1 is 1.38 bits per heavy atom. The zero-order chi connectivity index (χ0) is 12.3. The highest BCUT2D eigenvalue weighted by molar-refractivity contribution is 5.47. The Morgan fingerprint density at radius 3 is 2.50 bits per heavy atom. The van der Waals surface area contributed by atoms with Gasteiger partial charge in [0.15, 0.2) is 0 Å². The van der Waals surface area contributed by atoms with Crippen LogP contribution in [0, 0.1) is 0 Å². The maximum Gasteiger partial charge on any atom is 0.135 e. The van der Waals surface area contributed by atoms with E-state index in [4.69, 9.17) is 10.8 Å². The van der Waals surface area contributed by atoms with Crippen molar-refractivity contribution >= 4 is 11.6 Å². The third-order valence-electron chi connectivity index (χ3n) is 2.55. The third kappa shape index (κ3) is 2.82. The van der Waals surface area contributed by atoms with E-state index in [1.165, 1.54) is 0 Å². The van der Waals surface area contributed by atoms with Gasteiger partial charge in [-0.05, 0) is 6.92 Å². The molecule has 0 amide bonds. The van der Waals surface area contributed by atoms with Crippen molar-refractivity contribution in [1.29, 1.82) is 0 Å². The van der Waals surface area contributed by atoms with Crippen LogP contribution in [0.3, 0.4) is 0 Å². The summed E-state index contributed by atoms with van der Waals surface area (Å²) in [5.74, 6) is 2.18. The molecule has 0 fully saturated rings. The Morgan fingerprint density at radius 2 is 2.00 bits per heavy atom. The minimum absolute atomic E-state index is 0.00862. The predicted octanol–water partition coefficient (Wildman–Crippen LogP) is 0.999. The number of rotatable bonds is 4. The summed E-state index contributed by atoms with van der Waals surface area (Å²) in [6, 6.07) is 1.73. The molecule has 0 radical (unpaired) electrons. The molecule has 1 atom stereocenters. The first-order valence-electron chi connectivity index (χ1n) is 5.43. The van der Waals surface area contributed by atoms with Crippen LogP contribution in [0.1, 0.15) is 32.5 Å². The number of hydrogen-bond donors (Lipinski definition) is 2. The molecule has 0 saturated carbocycles. The number of aromatic nitrogens is 2. The Hall–Kier alpha value is -1.36. The van der Waals surface area contributed by atoms with Crippen LogP contribution in [0.4, 0.5) is 11.6 Å². The van der Waals surface area contributed by atoms with Gasteiger partial charge in [-0.1, -0.05) is 13.8 Å². The number of aliphatic hydroxyl groups excluding tert-OH is 1. The predicted molar refractivity (Wildman–Crippen MR) is 65.5 cm³/mol. The quantitative estimate of drug-likeness (QED) is 0.798. The molecule has 90 valence electrons. The van der Waals surface area contributed by atoms with Gasteiger partial charge in [0, 0.05) is 19.0 Å². The van der Waals surface area contributed by atoms with Gasteiger partial charge in [-0.25, -0.2) is 9.97 Å². The lowest BCUT2D eigenvalue weighted by molar-refractivity contribution is 0.269. The van der Waals surface area contributed by atoms with Gasteiger partial charge in [0.2, 0.25) is 0 Å². The fourth-order valence-electron chi connectivity index (χ4n) is 1.26. The first kappa shape index (κ1) is 12.7. The summed E-state index contributed by atoms with van der Waals surface area (Å²) in [6.07, 6.45) is 0. The number of anilines is 2. The lowest BCUT2D eigenvalue weighted by atomic mass is 10.2. The Bertz CT molecular complexity index is 354. The summed E-state index contributed by atoms with van der Waals surface area (Å²) in [6.45, 7) is 6.05. The van der Waals surface area contributed by atoms with Crippen molar-refractivity contribution < 1.29 is 5.11 Å². The second kappa shape index (κ2) is 5.12. The van der Waals surface area contributed by atoms with Crippen molar-refractivity contribution in [2.24, 2.45) is 0 Å². The fourth-order valence-corrected chi connectivity index (χ4v) is 1.26. The van der Waals surface area contributed by atoms with Gasteiger partial charge < -0.3 is 15.7 Å². The Balaban J connectivity index is 3.04. The van der Waals surface area contributed by atoms with Gasteiger partial charge in [-0.15, -0.1) is 0 Å². The molecule has 0 saturated heterocycles. The van der Waals surface area contributed by atoms with Gasteiger partial charge in [0.05, 0.1) is 12.6 Å². The van der Waals surface area contributed by atoms with Gasteiger partial charge in [0.25, 0.3) is 0 Å². The second-order valence-electron chi connectivity index (χ2n) is 4.31. The number of aliphatic hydroxyl groups is 1. The highest BCUT2D eigenvalue weighted by atomic mass is 16.3. The monoisotopic (exact) mass is 224 g/mol. The molecule has 16 heavy (non-hydrogen) atoms. The summed E-state index contributed by atoms with van der Waals surface area (Å²) >= 11 is 0. The highest BCUT2D eigenvalue weighted by Gasteiger charge is 2.13. The average molecular weight is 224 g/mol. The summed E-state index contributed by atoms with van der Waals surface area (Å²) in [5.41, 5.74) is 5.74. The van der Waals surface area contributed by atoms with Crippen molar-refractivity contribution in [3.05, 3.63) is 11.9 Å². The lowest BCUT2D eigenvalue weighted by Gasteiger charge is -2.25. The van der Waals surface area contributed by atoms with E-state index >= 15 is 0 Å².